The number of nitrogens with zero attached hydrogens (tertiary/aromatic N) is 3. The Hall–Kier alpha value is -13.8. The van der Waals surface area contributed by atoms with Crippen molar-refractivity contribution in [3.05, 3.63) is 443 Å². The second kappa shape index (κ2) is 20.8. The van der Waals surface area contributed by atoms with E-state index in [1.165, 1.54) is 183 Å². The maximum Gasteiger partial charge on any atom is 0.252 e. The second-order valence-corrected chi connectivity index (χ2v) is 31.0. The van der Waals surface area contributed by atoms with Gasteiger partial charge in [-0.25, -0.2) is 0 Å². The van der Waals surface area contributed by atoms with Crippen molar-refractivity contribution in [3.63, 3.8) is 0 Å². The van der Waals surface area contributed by atoms with E-state index in [1.54, 1.807) is 0 Å². The Kier molecular flexibility index (Phi) is 11.2. The van der Waals surface area contributed by atoms with Crippen LogP contribution in [-0.2, 0) is 16.2 Å². The first-order valence-corrected chi connectivity index (χ1v) is 38.4. The van der Waals surface area contributed by atoms with Crippen molar-refractivity contribution in [2.45, 2.75) is 16.2 Å². The molecule has 109 heavy (non-hydrogen) atoms. The number of fused-ring (bicyclic) bond motifs is 39. The van der Waals surface area contributed by atoms with E-state index in [0.717, 1.165) is 39.5 Å². The minimum Gasteiger partial charge on any atom is -0.311 e. The standard InChI is InChI=1S/C105H62BN3/c1-2-27-63(28-3-1)64-53-55-65(56-54-64)108-95-61-66(107-92-50-24-13-35-73(92)74-36-14-25-51-93(74)107)62-96-100(95)106(90-59-57-88-98(101(90)108)76-38-11-22-47-85(76)104(88)80-42-17-6-31-69(80)70-32-7-18-43-81(70)104)91-60-58-89-99(77-39-12-23-48-86(77)105(89)82-44-19-8-33-71(82)72-34-9-20-45-83(72)105)102(91)109(96)94-52-26-49-87-97(94)75-37-10-21-46-84(75)103(87)78-40-15-4-29-67(78)68-30-5-16-41-79(68)103/h1-62H. The molecular formula is C105H62BN3. The summed E-state index contributed by atoms with van der Waals surface area (Å²) in [6, 6.07) is 146. The van der Waals surface area contributed by atoms with Gasteiger partial charge in [0, 0.05) is 55.9 Å². The van der Waals surface area contributed by atoms with Gasteiger partial charge in [0.2, 0.25) is 0 Å². The van der Waals surface area contributed by atoms with Gasteiger partial charge in [-0.05, 0) is 187 Å². The lowest BCUT2D eigenvalue weighted by molar-refractivity contribution is 0.793. The lowest BCUT2D eigenvalue weighted by Crippen LogP contribution is -2.61. The minimum absolute atomic E-state index is 0.281. The largest absolute Gasteiger partial charge is 0.311 e. The number of benzene rings is 17. The zero-order chi connectivity index (χ0) is 70.7. The molecule has 500 valence electrons. The van der Waals surface area contributed by atoms with Crippen LogP contribution in [0, 0.1) is 0 Å². The number of rotatable bonds is 4. The van der Waals surface area contributed by atoms with Crippen molar-refractivity contribution in [2.75, 3.05) is 9.80 Å². The third-order valence-corrected chi connectivity index (χ3v) is 26.6. The van der Waals surface area contributed by atoms with Crippen LogP contribution in [0.3, 0.4) is 0 Å². The fraction of sp³-hybridized carbons (Fsp3) is 0.0286. The summed E-state index contributed by atoms with van der Waals surface area (Å²) in [6.07, 6.45) is 0. The highest BCUT2D eigenvalue weighted by molar-refractivity contribution is 7.00. The van der Waals surface area contributed by atoms with Crippen molar-refractivity contribution < 1.29 is 0 Å². The minimum atomic E-state index is -0.636. The van der Waals surface area contributed by atoms with Crippen LogP contribution >= 0.6 is 0 Å². The van der Waals surface area contributed by atoms with E-state index < -0.39 is 16.2 Å². The SMILES string of the molecule is c1ccc(-c2ccc(N3c4cc(-n5c6ccccc6c6ccccc65)cc5c4B(c4ccc6c(c43)-c3ccccc3C63c4ccccc4-c4ccccc43)c3ccc4c(c3N5c3cccc5c3-c3ccccc3C53c5ccccc5-c5ccccc53)-c3ccccc3C43c4ccccc4-c4ccccc43)cc2)cc1. The Bertz CT molecular complexity index is 6960. The molecule has 4 heteroatoms. The third kappa shape index (κ3) is 6.88. The average Bonchev–Trinajstić information content (AvgIpc) is 1.55. The predicted molar refractivity (Wildman–Crippen MR) is 449 cm³/mol. The lowest BCUT2D eigenvalue weighted by atomic mass is 9.33. The summed E-state index contributed by atoms with van der Waals surface area (Å²) in [5.74, 6) is 0. The molecule has 17 aromatic carbocycles. The van der Waals surface area contributed by atoms with Crippen LogP contribution in [0.4, 0.5) is 34.1 Å². The van der Waals surface area contributed by atoms with E-state index in [1.807, 2.05) is 0 Å². The maximum atomic E-state index is 2.83. The topological polar surface area (TPSA) is 11.4 Å². The van der Waals surface area contributed by atoms with Gasteiger partial charge in [0.05, 0.1) is 38.7 Å². The molecule has 0 radical (unpaired) electrons. The molecule has 0 atom stereocenters. The first-order valence-electron chi connectivity index (χ1n) is 38.4. The Morgan fingerprint density at radius 3 is 0.963 bits per heavy atom. The molecule has 0 amide bonds. The van der Waals surface area contributed by atoms with Crippen molar-refractivity contribution >= 4 is 79.0 Å². The summed E-state index contributed by atoms with van der Waals surface area (Å²) in [4.78, 5) is 5.56. The van der Waals surface area contributed by atoms with E-state index in [4.69, 9.17) is 0 Å². The van der Waals surface area contributed by atoms with Gasteiger partial charge in [0.1, 0.15) is 0 Å². The number of hydrogen-bond donors (Lipinski definition) is 0. The van der Waals surface area contributed by atoms with Crippen molar-refractivity contribution in [1.82, 2.24) is 4.57 Å². The molecule has 8 aliphatic rings. The van der Waals surface area contributed by atoms with E-state index >= 15 is 0 Å². The summed E-state index contributed by atoms with van der Waals surface area (Å²) in [5.41, 5.74) is 45.8. The maximum absolute atomic E-state index is 2.83. The zero-order valence-electron chi connectivity index (χ0n) is 59.2. The summed E-state index contributed by atoms with van der Waals surface area (Å²) >= 11 is 0. The molecule has 0 N–H and O–H groups in total. The summed E-state index contributed by atoms with van der Waals surface area (Å²) in [7, 11) is 0. The summed E-state index contributed by atoms with van der Waals surface area (Å²) in [6.45, 7) is -0.281. The highest BCUT2D eigenvalue weighted by atomic mass is 15.2. The van der Waals surface area contributed by atoms with Gasteiger partial charge in [-0.15, -0.1) is 0 Å². The molecule has 0 bridgehead atoms. The van der Waals surface area contributed by atoms with Gasteiger partial charge in [0.25, 0.3) is 6.71 Å². The molecular weight excluding hydrogens is 1310 g/mol. The van der Waals surface area contributed by atoms with Crippen LogP contribution < -0.4 is 26.2 Å². The van der Waals surface area contributed by atoms with E-state index in [-0.39, 0.29) is 6.71 Å². The molecule has 0 saturated heterocycles. The molecule has 3 nitrogen and oxygen atoms in total. The Labute approximate surface area is 631 Å². The first kappa shape index (κ1) is 58.5. The van der Waals surface area contributed by atoms with Crippen LogP contribution in [0.2, 0.25) is 0 Å². The van der Waals surface area contributed by atoms with Crippen molar-refractivity contribution in [1.29, 1.82) is 0 Å². The Morgan fingerprint density at radius 2 is 0.532 bits per heavy atom. The quantitative estimate of drug-likeness (QED) is 0.163. The van der Waals surface area contributed by atoms with Gasteiger partial charge < -0.3 is 14.4 Å². The third-order valence-electron chi connectivity index (χ3n) is 26.6. The van der Waals surface area contributed by atoms with Gasteiger partial charge in [-0.3, -0.25) is 0 Å². The highest BCUT2D eigenvalue weighted by Gasteiger charge is 2.59. The molecule has 0 fully saturated rings. The lowest BCUT2D eigenvalue weighted by Gasteiger charge is -2.46. The van der Waals surface area contributed by atoms with Gasteiger partial charge in [0.15, 0.2) is 0 Å². The van der Waals surface area contributed by atoms with Gasteiger partial charge >= 0.3 is 0 Å². The molecule has 1 aromatic heterocycles. The molecule has 6 aliphatic carbocycles. The van der Waals surface area contributed by atoms with Crippen LogP contribution in [-0.4, -0.2) is 11.3 Å². The van der Waals surface area contributed by atoms with Crippen molar-refractivity contribution in [2.24, 2.45) is 0 Å². The smallest absolute Gasteiger partial charge is 0.252 e. The van der Waals surface area contributed by atoms with E-state index in [9.17, 15) is 0 Å². The molecule has 3 spiro atoms. The van der Waals surface area contributed by atoms with Crippen LogP contribution in [0.25, 0.3) is 105 Å². The molecule has 26 rings (SSSR count). The second-order valence-electron chi connectivity index (χ2n) is 31.0. The first-order chi connectivity index (χ1) is 54.1. The average molecular weight is 1380 g/mol. The highest BCUT2D eigenvalue weighted by Crippen LogP contribution is 2.70. The molecule has 0 saturated carbocycles. The molecule has 2 aliphatic heterocycles. The van der Waals surface area contributed by atoms with Crippen LogP contribution in [0.1, 0.15) is 66.8 Å². The van der Waals surface area contributed by atoms with E-state index in [2.05, 4.69) is 390 Å². The monoisotopic (exact) mass is 1380 g/mol. The Balaban J connectivity index is 0.859. The van der Waals surface area contributed by atoms with Crippen LogP contribution in [0.5, 0.6) is 0 Å². The fourth-order valence-electron chi connectivity index (χ4n) is 22.9. The molecule has 18 aromatic rings. The Morgan fingerprint density at radius 1 is 0.211 bits per heavy atom. The van der Waals surface area contributed by atoms with Gasteiger partial charge in [-0.2, -0.15) is 0 Å². The van der Waals surface area contributed by atoms with Gasteiger partial charge in [-0.1, -0.05) is 334 Å². The molecule has 3 heterocycles. The number of aromatic nitrogens is 1. The predicted octanol–water partition coefficient (Wildman–Crippen LogP) is 23.6. The number of para-hydroxylation sites is 2. The fourth-order valence-corrected chi connectivity index (χ4v) is 22.9. The zero-order valence-corrected chi connectivity index (χ0v) is 59.2. The number of hydrogen-bond acceptors (Lipinski definition) is 2. The van der Waals surface area contributed by atoms with Crippen LogP contribution in [0.15, 0.2) is 376 Å². The normalized spacial score (nSPS) is 15.0. The summed E-state index contributed by atoms with van der Waals surface area (Å²) in [5, 5.41) is 2.44. The summed E-state index contributed by atoms with van der Waals surface area (Å²) < 4.78 is 2.58. The molecule has 0 unspecified atom stereocenters. The number of anilines is 6. The van der Waals surface area contributed by atoms with Crippen molar-refractivity contribution in [3.8, 4) is 83.6 Å². The van der Waals surface area contributed by atoms with E-state index in [0.29, 0.717) is 0 Å².